The number of piperidine rings is 1. The standard InChI is InChI=1S/C15H30N2/c1-13-7-6-8-15(11-13)16-14(2)12-17-9-4-3-5-10-17/h13-16H,3-12H2,1-2H3. The van der Waals surface area contributed by atoms with Crippen molar-refractivity contribution in [2.45, 2.75) is 70.9 Å². The Morgan fingerprint density at radius 3 is 2.59 bits per heavy atom. The van der Waals surface area contributed by atoms with Gasteiger partial charge in [-0.25, -0.2) is 0 Å². The summed E-state index contributed by atoms with van der Waals surface area (Å²) in [5, 5.41) is 3.85. The largest absolute Gasteiger partial charge is 0.310 e. The molecule has 1 aliphatic carbocycles. The first-order valence-corrected chi connectivity index (χ1v) is 7.72. The van der Waals surface area contributed by atoms with Crippen LogP contribution in [0.4, 0.5) is 0 Å². The third-order valence-corrected chi connectivity index (χ3v) is 4.44. The molecule has 17 heavy (non-hydrogen) atoms. The topological polar surface area (TPSA) is 15.3 Å². The van der Waals surface area contributed by atoms with Gasteiger partial charge in [0.15, 0.2) is 0 Å². The molecule has 1 aliphatic heterocycles. The van der Waals surface area contributed by atoms with Crippen molar-refractivity contribution in [1.82, 2.24) is 10.2 Å². The van der Waals surface area contributed by atoms with E-state index in [-0.39, 0.29) is 0 Å². The van der Waals surface area contributed by atoms with Crippen LogP contribution in [-0.4, -0.2) is 36.6 Å². The van der Waals surface area contributed by atoms with Gasteiger partial charge in [-0.15, -0.1) is 0 Å². The van der Waals surface area contributed by atoms with Crippen LogP contribution in [0.25, 0.3) is 0 Å². The summed E-state index contributed by atoms with van der Waals surface area (Å²) in [7, 11) is 0. The zero-order valence-corrected chi connectivity index (χ0v) is 11.8. The molecule has 1 heterocycles. The van der Waals surface area contributed by atoms with Gasteiger partial charge in [-0.3, -0.25) is 0 Å². The number of hydrogen-bond donors (Lipinski definition) is 1. The SMILES string of the molecule is CC1CCCC(NC(C)CN2CCCCC2)C1. The summed E-state index contributed by atoms with van der Waals surface area (Å²) >= 11 is 0. The quantitative estimate of drug-likeness (QED) is 0.810. The molecule has 0 aromatic rings. The van der Waals surface area contributed by atoms with Crippen molar-refractivity contribution in [3.05, 3.63) is 0 Å². The van der Waals surface area contributed by atoms with Crippen LogP contribution in [-0.2, 0) is 0 Å². The maximum atomic E-state index is 3.85. The molecule has 0 aromatic heterocycles. The van der Waals surface area contributed by atoms with Gasteiger partial charge in [-0.05, 0) is 51.6 Å². The van der Waals surface area contributed by atoms with Crippen molar-refractivity contribution in [2.75, 3.05) is 19.6 Å². The summed E-state index contributed by atoms with van der Waals surface area (Å²) in [6.07, 6.45) is 9.92. The van der Waals surface area contributed by atoms with Crippen LogP contribution < -0.4 is 5.32 Å². The van der Waals surface area contributed by atoms with E-state index in [2.05, 4.69) is 24.1 Å². The highest BCUT2D eigenvalue weighted by atomic mass is 15.2. The molecule has 2 fully saturated rings. The van der Waals surface area contributed by atoms with Crippen LogP contribution in [0.3, 0.4) is 0 Å². The van der Waals surface area contributed by atoms with Crippen LogP contribution in [0, 0.1) is 5.92 Å². The third-order valence-electron chi connectivity index (χ3n) is 4.44. The molecule has 0 radical (unpaired) electrons. The highest BCUT2D eigenvalue weighted by molar-refractivity contribution is 4.80. The molecule has 2 nitrogen and oxygen atoms in total. The summed E-state index contributed by atoms with van der Waals surface area (Å²) in [6.45, 7) is 8.68. The first-order chi connectivity index (χ1) is 8.24. The molecule has 3 atom stereocenters. The van der Waals surface area contributed by atoms with E-state index in [1.54, 1.807) is 0 Å². The molecule has 1 N–H and O–H groups in total. The third kappa shape index (κ3) is 4.59. The summed E-state index contributed by atoms with van der Waals surface area (Å²) in [6, 6.07) is 1.46. The molecule has 0 bridgehead atoms. The zero-order valence-electron chi connectivity index (χ0n) is 11.8. The Kier molecular flexibility index (Phi) is 5.30. The highest BCUT2D eigenvalue weighted by Crippen LogP contribution is 2.23. The fourth-order valence-corrected chi connectivity index (χ4v) is 3.57. The summed E-state index contributed by atoms with van der Waals surface area (Å²) < 4.78 is 0. The molecule has 0 amide bonds. The monoisotopic (exact) mass is 238 g/mol. The van der Waals surface area contributed by atoms with Crippen LogP contribution in [0.5, 0.6) is 0 Å². The predicted molar refractivity (Wildman–Crippen MR) is 74.3 cm³/mol. The molecule has 0 aromatic carbocycles. The van der Waals surface area contributed by atoms with E-state index in [4.69, 9.17) is 0 Å². The molecular formula is C15H30N2. The smallest absolute Gasteiger partial charge is 0.0169 e. The van der Waals surface area contributed by atoms with Crippen LogP contribution in [0.2, 0.25) is 0 Å². The number of likely N-dealkylation sites (tertiary alicyclic amines) is 1. The fourth-order valence-electron chi connectivity index (χ4n) is 3.57. The maximum Gasteiger partial charge on any atom is 0.0169 e. The average Bonchev–Trinajstić information content (AvgIpc) is 2.30. The number of nitrogens with one attached hydrogen (secondary N) is 1. The Labute approximate surface area is 107 Å². The number of hydrogen-bond acceptors (Lipinski definition) is 2. The molecule has 3 unspecified atom stereocenters. The summed E-state index contributed by atoms with van der Waals surface area (Å²) in [5.74, 6) is 0.934. The molecule has 1 saturated carbocycles. The second-order valence-electron chi connectivity index (χ2n) is 6.40. The Balaban J connectivity index is 1.66. The summed E-state index contributed by atoms with van der Waals surface area (Å²) in [4.78, 5) is 2.65. The lowest BCUT2D eigenvalue weighted by atomic mass is 9.87. The second kappa shape index (κ2) is 6.75. The van der Waals surface area contributed by atoms with Gasteiger partial charge in [0.2, 0.25) is 0 Å². The highest BCUT2D eigenvalue weighted by Gasteiger charge is 2.21. The van der Waals surface area contributed by atoms with Gasteiger partial charge >= 0.3 is 0 Å². The van der Waals surface area contributed by atoms with Crippen LogP contribution in [0.1, 0.15) is 58.8 Å². The molecule has 1 saturated heterocycles. The summed E-state index contributed by atoms with van der Waals surface area (Å²) in [5.41, 5.74) is 0. The number of nitrogens with zero attached hydrogens (tertiary/aromatic N) is 1. The van der Waals surface area contributed by atoms with Gasteiger partial charge in [0.1, 0.15) is 0 Å². The van der Waals surface area contributed by atoms with Crippen molar-refractivity contribution >= 4 is 0 Å². The Bertz CT molecular complexity index is 211. The van der Waals surface area contributed by atoms with Gasteiger partial charge in [0, 0.05) is 18.6 Å². The molecular weight excluding hydrogens is 208 g/mol. The van der Waals surface area contributed by atoms with E-state index in [1.807, 2.05) is 0 Å². The van der Waals surface area contributed by atoms with Crippen LogP contribution in [0.15, 0.2) is 0 Å². The van der Waals surface area contributed by atoms with E-state index in [0.29, 0.717) is 6.04 Å². The van der Waals surface area contributed by atoms with Gasteiger partial charge < -0.3 is 10.2 Å². The lowest BCUT2D eigenvalue weighted by Gasteiger charge is -2.34. The van der Waals surface area contributed by atoms with Crippen molar-refractivity contribution in [2.24, 2.45) is 5.92 Å². The van der Waals surface area contributed by atoms with E-state index in [1.165, 1.54) is 64.6 Å². The van der Waals surface area contributed by atoms with E-state index >= 15 is 0 Å². The zero-order chi connectivity index (χ0) is 12.1. The second-order valence-corrected chi connectivity index (χ2v) is 6.40. The molecule has 100 valence electrons. The lowest BCUT2D eigenvalue weighted by molar-refractivity contribution is 0.193. The Morgan fingerprint density at radius 2 is 1.88 bits per heavy atom. The molecule has 0 spiro atoms. The minimum atomic E-state index is 0.670. The lowest BCUT2D eigenvalue weighted by Crippen LogP contribution is -2.46. The Morgan fingerprint density at radius 1 is 1.12 bits per heavy atom. The van der Waals surface area contributed by atoms with Crippen molar-refractivity contribution in [3.8, 4) is 0 Å². The minimum Gasteiger partial charge on any atom is -0.310 e. The molecule has 2 aliphatic rings. The van der Waals surface area contributed by atoms with Gasteiger partial charge in [-0.1, -0.05) is 26.2 Å². The van der Waals surface area contributed by atoms with Crippen molar-refractivity contribution in [1.29, 1.82) is 0 Å². The Hall–Kier alpha value is -0.0800. The number of rotatable bonds is 4. The molecule has 2 heteroatoms. The first kappa shape index (κ1) is 13.4. The van der Waals surface area contributed by atoms with Crippen molar-refractivity contribution < 1.29 is 0 Å². The van der Waals surface area contributed by atoms with E-state index < -0.39 is 0 Å². The van der Waals surface area contributed by atoms with Crippen LogP contribution >= 0.6 is 0 Å². The minimum absolute atomic E-state index is 0.670. The predicted octanol–water partition coefficient (Wildman–Crippen LogP) is 3.03. The molecule has 2 rings (SSSR count). The normalized spacial score (nSPS) is 33.5. The average molecular weight is 238 g/mol. The van der Waals surface area contributed by atoms with Crippen molar-refractivity contribution in [3.63, 3.8) is 0 Å². The van der Waals surface area contributed by atoms with E-state index in [9.17, 15) is 0 Å². The first-order valence-electron chi connectivity index (χ1n) is 7.72. The maximum absolute atomic E-state index is 3.85. The van der Waals surface area contributed by atoms with E-state index in [0.717, 1.165) is 12.0 Å². The fraction of sp³-hybridized carbons (Fsp3) is 1.00. The van der Waals surface area contributed by atoms with Gasteiger partial charge in [0.25, 0.3) is 0 Å². The van der Waals surface area contributed by atoms with Gasteiger partial charge in [0.05, 0.1) is 0 Å². The van der Waals surface area contributed by atoms with Gasteiger partial charge in [-0.2, -0.15) is 0 Å².